The smallest absolute Gasteiger partial charge is 0.406 e. The van der Waals surface area contributed by atoms with E-state index >= 15 is 0 Å². The quantitative estimate of drug-likeness (QED) is 0.0493. The van der Waals surface area contributed by atoms with Gasteiger partial charge in [0.15, 0.2) is 0 Å². The topological polar surface area (TPSA) is 282 Å². The number of sulfone groups is 1. The average Bonchev–Trinajstić information content (AvgIpc) is 1.76. The molecule has 0 unspecified atom stereocenters. The number of para-hydroxylation sites is 2. The number of primary sulfonamides is 1. The van der Waals surface area contributed by atoms with Crippen LogP contribution in [0.25, 0.3) is 103 Å². The van der Waals surface area contributed by atoms with Gasteiger partial charge in [-0.15, -0.1) is 13.2 Å². The standard InChI is InChI=1S/C23H15F6N3O3S.C23H15F6N3O2S.C22H16F3N3O4S2/c24-22(25,26)35-16-9-5-14(6-10-16)7-12-21-30-19-11-8-15(13-20(19)31-21)17-3-1-2-4-18(17)32-36(33,34)23(27,28)29;24-22(25,26)16-9-5-14(6-10-16)7-12-21-30-19-11-8-15(13-20(19)31-21)17-3-1-2-4-18(17)32-35(33,34)23(27,28)29;23-22(24,25)33(29,30)16-9-5-14(6-10-16)7-12-21-27-18-11-8-15(13-19(18)28-21)17-3-1-2-4-20(17)34(26,31)32/h1-13,32H,(H,30,31);1-13,32H,(H,30,31);1-13H,(H,27,28)(H2,26,31,32)/b3*12-7+. The fourth-order valence-electron chi connectivity index (χ4n) is 9.81. The Bertz CT molecular complexity index is 5780. The van der Waals surface area contributed by atoms with Crippen molar-refractivity contribution in [2.24, 2.45) is 5.14 Å². The van der Waals surface area contributed by atoms with Gasteiger partial charge < -0.3 is 19.7 Å². The summed E-state index contributed by atoms with van der Waals surface area (Å²) in [4.78, 5) is 21.4. The normalized spacial score (nSPS) is 13.0. The third kappa shape index (κ3) is 18.8. The van der Waals surface area contributed by atoms with Gasteiger partial charge in [0, 0.05) is 16.7 Å². The predicted octanol–water partition coefficient (Wildman–Crippen LogP) is 17.6. The van der Waals surface area contributed by atoms with Gasteiger partial charge in [0.25, 0.3) is 9.84 Å². The first-order valence-corrected chi connectivity index (χ1v) is 35.5. The molecule has 12 aromatic rings. The van der Waals surface area contributed by atoms with Crippen LogP contribution in [0.5, 0.6) is 5.75 Å². The number of anilines is 2. The lowest BCUT2D eigenvalue weighted by Gasteiger charge is -2.14. The van der Waals surface area contributed by atoms with Gasteiger partial charge in [-0.25, -0.2) is 36.9 Å². The fraction of sp³-hybridized carbons (Fsp3) is 0.0735. The second-order valence-corrected chi connectivity index (χ2v) is 28.9. The average molecular weight is 1550 g/mol. The van der Waals surface area contributed by atoms with Crippen molar-refractivity contribution < 1.29 is 104 Å². The molecule has 7 N–H and O–H groups in total. The lowest BCUT2D eigenvalue weighted by atomic mass is 10.0. The Balaban J connectivity index is 0.000000169. The van der Waals surface area contributed by atoms with E-state index in [9.17, 15) is 99.5 Å². The molecule has 0 fully saturated rings. The van der Waals surface area contributed by atoms with Crippen molar-refractivity contribution in [3.05, 3.63) is 240 Å². The molecule has 0 bridgehead atoms. The zero-order valence-electron chi connectivity index (χ0n) is 52.4. The fourth-order valence-corrected chi connectivity index (χ4v) is 12.5. The maximum absolute atomic E-state index is 12.8. The summed E-state index contributed by atoms with van der Waals surface area (Å²) in [5, 5.41) is 5.31. The summed E-state index contributed by atoms with van der Waals surface area (Å²) >= 11 is 0. The number of hydrogen-bond acceptors (Lipinski definition) is 12. The van der Waals surface area contributed by atoms with Gasteiger partial charge in [0.05, 0.1) is 59.8 Å². The minimum atomic E-state index is -5.61. The van der Waals surface area contributed by atoms with E-state index in [1.807, 2.05) is 0 Å². The summed E-state index contributed by atoms with van der Waals surface area (Å²) in [5.41, 5.74) is -10.3. The first-order valence-electron chi connectivity index (χ1n) is 29.5. The number of nitrogens with zero attached hydrogens (tertiary/aromatic N) is 3. The van der Waals surface area contributed by atoms with Crippen molar-refractivity contribution in [2.75, 3.05) is 9.44 Å². The number of halogens is 15. The van der Waals surface area contributed by atoms with E-state index in [0.717, 1.165) is 24.3 Å². The Kier molecular flexibility index (Phi) is 21.4. The first kappa shape index (κ1) is 76.4. The number of alkyl halides is 15. The van der Waals surface area contributed by atoms with Gasteiger partial charge in [0.1, 0.15) is 23.2 Å². The number of sulfonamides is 3. The molecular weight excluding hydrogens is 1500 g/mol. The number of hydrogen-bond donors (Lipinski definition) is 6. The Morgan fingerprint density at radius 3 is 1.08 bits per heavy atom. The summed E-state index contributed by atoms with van der Waals surface area (Å²) in [7, 11) is -20.5. The minimum Gasteiger partial charge on any atom is -0.406 e. The molecule has 105 heavy (non-hydrogen) atoms. The summed E-state index contributed by atoms with van der Waals surface area (Å²) < 4.78 is 290. The highest BCUT2D eigenvalue weighted by molar-refractivity contribution is 7.94. The number of fused-ring (bicyclic) bond motifs is 3. The van der Waals surface area contributed by atoms with E-state index in [1.165, 1.54) is 91.0 Å². The van der Waals surface area contributed by atoms with Gasteiger partial charge in [0.2, 0.25) is 10.0 Å². The summed E-state index contributed by atoms with van der Waals surface area (Å²) in [6.07, 6.45) is 0.247. The van der Waals surface area contributed by atoms with Crippen LogP contribution in [0.15, 0.2) is 210 Å². The highest BCUT2D eigenvalue weighted by Gasteiger charge is 2.48. The Hall–Kier alpha value is -11.3. The van der Waals surface area contributed by atoms with Gasteiger partial charge in [-0.05, 0) is 143 Å². The highest BCUT2D eigenvalue weighted by atomic mass is 32.2. The largest absolute Gasteiger partial charge is 0.573 e. The van der Waals surface area contributed by atoms with E-state index in [2.05, 4.69) is 34.6 Å². The number of aromatic nitrogens is 6. The minimum absolute atomic E-state index is 0.00929. The molecule has 12 rings (SSSR count). The van der Waals surface area contributed by atoms with Crippen LogP contribution >= 0.6 is 0 Å². The van der Waals surface area contributed by atoms with E-state index in [-0.39, 0.29) is 33.1 Å². The van der Waals surface area contributed by atoms with Crippen molar-refractivity contribution >= 4 is 121 Å². The van der Waals surface area contributed by atoms with Gasteiger partial charge in [-0.1, -0.05) is 127 Å². The molecular formula is C68H46F15N9O9S4. The van der Waals surface area contributed by atoms with Crippen molar-refractivity contribution in [3.63, 3.8) is 0 Å². The molecule has 546 valence electrons. The number of nitrogens with two attached hydrogens (primary N) is 1. The molecule has 3 heterocycles. The molecule has 0 aliphatic rings. The zero-order chi connectivity index (χ0) is 76.3. The number of rotatable bonds is 16. The predicted molar refractivity (Wildman–Crippen MR) is 364 cm³/mol. The van der Waals surface area contributed by atoms with Crippen LogP contribution in [0.2, 0.25) is 0 Å². The Morgan fingerprint density at radius 1 is 0.381 bits per heavy atom. The van der Waals surface area contributed by atoms with Crippen LogP contribution in [0.3, 0.4) is 0 Å². The second kappa shape index (κ2) is 29.5. The lowest BCUT2D eigenvalue weighted by Crippen LogP contribution is -2.30. The molecule has 0 aliphatic heterocycles. The SMILES string of the molecule is NS(=O)(=O)c1ccccc1-c1ccc2nc(/C=C/c3ccc(S(=O)(=O)C(F)(F)F)cc3)[nH]c2c1.O=S(=O)(Nc1ccccc1-c1ccc2nc(/C=C/c3ccc(C(F)(F)F)cc3)[nH]c2c1)C(F)(F)F.O=S(=O)(Nc1ccccc1-c1ccc2nc(/C=C/c3ccc(OC(F)(F)F)cc3)[nH]c2c1)C(F)(F)F. The Labute approximate surface area is 584 Å². The molecule has 0 aliphatic carbocycles. The van der Waals surface area contributed by atoms with Crippen molar-refractivity contribution in [3.8, 4) is 39.1 Å². The number of aromatic amines is 3. The highest BCUT2D eigenvalue weighted by Crippen LogP contribution is 2.38. The van der Waals surface area contributed by atoms with Crippen molar-refractivity contribution in [1.29, 1.82) is 0 Å². The molecule has 0 spiro atoms. The molecule has 18 nitrogen and oxygen atoms in total. The maximum Gasteiger partial charge on any atom is 0.573 e. The lowest BCUT2D eigenvalue weighted by molar-refractivity contribution is -0.274. The zero-order valence-corrected chi connectivity index (χ0v) is 55.7. The first-order chi connectivity index (χ1) is 49.0. The van der Waals surface area contributed by atoms with E-state index < -0.39 is 79.4 Å². The number of H-pyrrole nitrogens is 3. The molecule has 0 atom stereocenters. The van der Waals surface area contributed by atoms with E-state index in [0.29, 0.717) is 89.5 Å². The molecule has 37 heteroatoms. The van der Waals surface area contributed by atoms with E-state index in [4.69, 9.17) is 5.14 Å². The second-order valence-electron chi connectivity index (χ2n) is 22.1. The van der Waals surface area contributed by atoms with Crippen LogP contribution in [0.4, 0.5) is 77.2 Å². The molecule has 0 radical (unpaired) electrons. The monoisotopic (exact) mass is 1550 g/mol. The van der Waals surface area contributed by atoms with Crippen LogP contribution in [0, 0.1) is 0 Å². The van der Waals surface area contributed by atoms with Crippen LogP contribution in [-0.2, 0) is 46.1 Å². The van der Waals surface area contributed by atoms with Crippen LogP contribution in [0.1, 0.15) is 39.7 Å². The Morgan fingerprint density at radius 2 is 0.724 bits per heavy atom. The molecule has 0 amide bonds. The maximum atomic E-state index is 12.8. The van der Waals surface area contributed by atoms with Crippen molar-refractivity contribution in [2.45, 2.75) is 38.9 Å². The number of imidazole rings is 3. The summed E-state index contributed by atoms with van der Waals surface area (Å²) in [6.45, 7) is 0. The third-order valence-electron chi connectivity index (χ3n) is 14.7. The molecule has 9 aromatic carbocycles. The molecule has 3 aromatic heterocycles. The van der Waals surface area contributed by atoms with E-state index in [1.54, 1.807) is 131 Å². The summed E-state index contributed by atoms with van der Waals surface area (Å²) in [6, 6.07) is 46.3. The summed E-state index contributed by atoms with van der Waals surface area (Å²) in [5.74, 6) is 0.875. The molecule has 0 saturated carbocycles. The third-order valence-corrected chi connectivity index (χ3v) is 19.4. The number of nitrogens with one attached hydrogen (secondary N) is 5. The van der Waals surface area contributed by atoms with Gasteiger partial charge in [-0.3, -0.25) is 9.44 Å². The van der Waals surface area contributed by atoms with Crippen LogP contribution < -0.4 is 19.3 Å². The molecule has 0 saturated heterocycles. The van der Waals surface area contributed by atoms with Gasteiger partial charge in [-0.2, -0.15) is 69.5 Å². The van der Waals surface area contributed by atoms with Gasteiger partial charge >= 0.3 is 49.1 Å². The number of ether oxygens (including phenoxy) is 1. The number of benzene rings is 9. The van der Waals surface area contributed by atoms with Crippen molar-refractivity contribution in [1.82, 2.24) is 29.9 Å². The van der Waals surface area contributed by atoms with Crippen LogP contribution in [-0.4, -0.2) is 86.5 Å².